The molecule has 4 nitrogen and oxygen atoms in total. The van der Waals surface area contributed by atoms with Gasteiger partial charge in [-0.2, -0.15) is 0 Å². The van der Waals surface area contributed by atoms with Crippen molar-refractivity contribution in [2.45, 2.75) is 40.0 Å². The van der Waals surface area contributed by atoms with E-state index in [2.05, 4.69) is 109 Å². The number of anilines is 3. The highest BCUT2D eigenvalue weighted by atomic mass is 15.3. The third-order valence-corrected chi connectivity index (χ3v) is 6.43. The van der Waals surface area contributed by atoms with Gasteiger partial charge in [0.15, 0.2) is 5.82 Å². The molecule has 176 valence electrons. The lowest BCUT2D eigenvalue weighted by molar-refractivity contribution is 0.745. The summed E-state index contributed by atoms with van der Waals surface area (Å²) < 4.78 is 0. The van der Waals surface area contributed by atoms with Crippen LogP contribution in [0.25, 0.3) is 23.0 Å². The second-order valence-corrected chi connectivity index (χ2v) is 8.95. The zero-order valence-corrected chi connectivity index (χ0v) is 20.9. The van der Waals surface area contributed by atoms with Crippen molar-refractivity contribution in [2.24, 2.45) is 0 Å². The SMILES string of the molecule is C=C(NCCCC)c1ccc(-c2ccc3c(n2)N3C)cc1C.CCc1ccc2c(c1)C=CCN2. The Labute approximate surface area is 204 Å². The second-order valence-electron chi connectivity index (χ2n) is 8.95. The highest BCUT2D eigenvalue weighted by Crippen LogP contribution is 2.45. The molecule has 1 aromatic heterocycles. The van der Waals surface area contributed by atoms with Crippen molar-refractivity contribution in [1.29, 1.82) is 0 Å². The fraction of sp³-hybridized carbons (Fsp3) is 0.300. The number of aryl methyl sites for hydroxylation is 2. The van der Waals surface area contributed by atoms with Crippen molar-refractivity contribution < 1.29 is 0 Å². The van der Waals surface area contributed by atoms with Crippen LogP contribution in [-0.2, 0) is 6.42 Å². The van der Waals surface area contributed by atoms with Gasteiger partial charge in [-0.3, -0.25) is 0 Å². The number of rotatable bonds is 7. The van der Waals surface area contributed by atoms with Gasteiger partial charge < -0.3 is 15.5 Å². The predicted octanol–water partition coefficient (Wildman–Crippen LogP) is 7.19. The molecule has 0 aliphatic carbocycles. The minimum Gasteiger partial charge on any atom is -0.385 e. The van der Waals surface area contributed by atoms with E-state index < -0.39 is 0 Å². The number of nitrogens with zero attached hydrogens (tertiary/aromatic N) is 2. The number of benzene rings is 2. The van der Waals surface area contributed by atoms with Gasteiger partial charge in [0.1, 0.15) is 0 Å². The summed E-state index contributed by atoms with van der Waals surface area (Å²) in [6.45, 7) is 12.6. The molecule has 2 aromatic carbocycles. The Morgan fingerprint density at radius 3 is 2.71 bits per heavy atom. The second kappa shape index (κ2) is 10.6. The van der Waals surface area contributed by atoms with Crippen molar-refractivity contribution in [2.75, 3.05) is 30.4 Å². The Kier molecular flexibility index (Phi) is 7.36. The normalized spacial score (nSPS) is 12.6. The van der Waals surface area contributed by atoms with Crippen LogP contribution in [0.3, 0.4) is 0 Å². The Morgan fingerprint density at radius 1 is 1.12 bits per heavy atom. The molecule has 0 saturated heterocycles. The van der Waals surface area contributed by atoms with Crippen LogP contribution < -0.4 is 15.5 Å². The van der Waals surface area contributed by atoms with E-state index in [0.717, 1.165) is 42.3 Å². The predicted molar refractivity (Wildman–Crippen MR) is 148 cm³/mol. The van der Waals surface area contributed by atoms with Crippen molar-refractivity contribution in [3.8, 4) is 11.3 Å². The summed E-state index contributed by atoms with van der Waals surface area (Å²) in [4.78, 5) is 6.78. The van der Waals surface area contributed by atoms with Gasteiger partial charge in [-0.1, -0.05) is 57.2 Å². The smallest absolute Gasteiger partial charge is 0.157 e. The lowest BCUT2D eigenvalue weighted by atomic mass is 10.0. The number of fused-ring (bicyclic) bond motifs is 2. The largest absolute Gasteiger partial charge is 0.385 e. The molecule has 34 heavy (non-hydrogen) atoms. The van der Waals surface area contributed by atoms with E-state index in [9.17, 15) is 0 Å². The molecule has 0 unspecified atom stereocenters. The van der Waals surface area contributed by atoms with E-state index in [0.29, 0.717) is 0 Å². The van der Waals surface area contributed by atoms with E-state index in [-0.39, 0.29) is 0 Å². The summed E-state index contributed by atoms with van der Waals surface area (Å²) in [7, 11) is 2.04. The van der Waals surface area contributed by atoms with Gasteiger partial charge in [0.05, 0.1) is 11.4 Å². The minimum absolute atomic E-state index is 0.957. The Hall–Kier alpha value is -3.53. The van der Waals surface area contributed by atoms with Crippen LogP contribution in [0.5, 0.6) is 0 Å². The Morgan fingerprint density at radius 2 is 1.97 bits per heavy atom. The van der Waals surface area contributed by atoms with E-state index in [1.54, 1.807) is 0 Å². The maximum Gasteiger partial charge on any atom is 0.157 e. The van der Waals surface area contributed by atoms with Crippen molar-refractivity contribution in [3.05, 3.63) is 83.4 Å². The first-order valence-electron chi connectivity index (χ1n) is 12.3. The van der Waals surface area contributed by atoms with Crippen LogP contribution in [0, 0.1) is 6.92 Å². The number of hydrogen-bond donors (Lipinski definition) is 2. The number of unbranched alkanes of at least 4 members (excludes halogenated alkanes) is 1. The third-order valence-electron chi connectivity index (χ3n) is 6.43. The molecule has 0 saturated carbocycles. The average Bonchev–Trinajstić information content (AvgIpc) is 3.52. The lowest BCUT2D eigenvalue weighted by Gasteiger charge is -2.13. The number of nitrogens with one attached hydrogen (secondary N) is 2. The summed E-state index contributed by atoms with van der Waals surface area (Å²) in [6, 6.07) is 17.3. The molecule has 2 aliphatic rings. The topological polar surface area (TPSA) is 40.0 Å². The van der Waals surface area contributed by atoms with E-state index in [1.807, 2.05) is 7.05 Å². The molecular weight excluding hydrogens is 416 g/mol. The molecule has 5 rings (SSSR count). The van der Waals surface area contributed by atoms with Crippen LogP contribution in [-0.4, -0.2) is 25.1 Å². The first-order valence-corrected chi connectivity index (χ1v) is 12.3. The van der Waals surface area contributed by atoms with E-state index in [1.165, 1.54) is 46.5 Å². The number of pyridine rings is 1. The summed E-state index contributed by atoms with van der Waals surface area (Å²) in [5.74, 6) is 1.09. The van der Waals surface area contributed by atoms with Gasteiger partial charge >= 0.3 is 0 Å². The highest BCUT2D eigenvalue weighted by molar-refractivity contribution is 5.90. The molecule has 0 fully saturated rings. The van der Waals surface area contributed by atoms with Gasteiger partial charge in [0.2, 0.25) is 0 Å². The fourth-order valence-electron chi connectivity index (χ4n) is 4.20. The molecule has 0 radical (unpaired) electrons. The zero-order chi connectivity index (χ0) is 24.1. The molecule has 0 amide bonds. The molecule has 4 heteroatoms. The monoisotopic (exact) mass is 452 g/mol. The van der Waals surface area contributed by atoms with Crippen LogP contribution in [0.2, 0.25) is 0 Å². The summed E-state index contributed by atoms with van der Waals surface area (Å²) in [5, 5.41) is 6.73. The van der Waals surface area contributed by atoms with Crippen molar-refractivity contribution in [1.82, 2.24) is 10.3 Å². The van der Waals surface area contributed by atoms with Crippen LogP contribution in [0.1, 0.15) is 48.9 Å². The Balaban J connectivity index is 0.000000192. The van der Waals surface area contributed by atoms with Crippen LogP contribution in [0.4, 0.5) is 17.2 Å². The maximum absolute atomic E-state index is 4.68. The summed E-state index contributed by atoms with van der Waals surface area (Å²) >= 11 is 0. The highest BCUT2D eigenvalue weighted by Gasteiger charge is 2.26. The van der Waals surface area contributed by atoms with Gasteiger partial charge in [0.25, 0.3) is 0 Å². The molecule has 2 aliphatic heterocycles. The molecular formula is C30H36N4. The fourth-order valence-corrected chi connectivity index (χ4v) is 4.20. The van der Waals surface area contributed by atoms with Crippen LogP contribution in [0.15, 0.2) is 61.2 Å². The minimum atomic E-state index is 0.957. The van der Waals surface area contributed by atoms with Gasteiger partial charge in [0, 0.05) is 37.1 Å². The van der Waals surface area contributed by atoms with Crippen LogP contribution >= 0.6 is 0 Å². The number of hydrogen-bond acceptors (Lipinski definition) is 4. The van der Waals surface area contributed by atoms with Crippen molar-refractivity contribution in [3.63, 3.8) is 0 Å². The lowest BCUT2D eigenvalue weighted by Crippen LogP contribution is -2.13. The number of aromatic nitrogens is 1. The van der Waals surface area contributed by atoms with E-state index >= 15 is 0 Å². The molecule has 0 atom stereocenters. The van der Waals surface area contributed by atoms with Gasteiger partial charge in [-0.05, 0) is 72.4 Å². The standard InChI is InChI=1S/C19H23N3.C11H13N/c1-5-6-11-20-14(3)16-8-7-15(12-13(16)2)17-9-10-18-19(21-17)22(18)4;1-2-9-5-6-11-10(8-9)4-3-7-12-11/h7-10,12,20H,3,5-6,11H2,1-2,4H3;3-6,8,12H,2,7H2,1H3. The average molecular weight is 453 g/mol. The van der Waals surface area contributed by atoms with Gasteiger partial charge in [-0.15, -0.1) is 0 Å². The molecule has 2 N–H and O–H groups in total. The maximum atomic E-state index is 4.68. The molecule has 3 aromatic rings. The van der Waals surface area contributed by atoms with Crippen molar-refractivity contribution >= 4 is 29.0 Å². The Bertz CT molecular complexity index is 1210. The first-order chi connectivity index (χ1) is 16.5. The molecule has 0 spiro atoms. The zero-order valence-electron chi connectivity index (χ0n) is 20.9. The summed E-state index contributed by atoms with van der Waals surface area (Å²) in [5.41, 5.74) is 10.8. The summed E-state index contributed by atoms with van der Waals surface area (Å²) in [6.07, 6.45) is 7.81. The van der Waals surface area contributed by atoms with E-state index in [4.69, 9.17) is 0 Å². The molecule has 3 heterocycles. The molecule has 0 bridgehead atoms. The first kappa shape index (κ1) is 23.6. The third kappa shape index (κ3) is 5.33. The quantitative estimate of drug-likeness (QED) is 0.294. The van der Waals surface area contributed by atoms with Gasteiger partial charge in [-0.25, -0.2) is 4.98 Å².